The Morgan fingerprint density at radius 3 is 2.09 bits per heavy atom. The molecular formula is C24H23N3O5. The number of carbonyl (C=O) groups excluding carboxylic acids is 3. The third-order valence-electron chi connectivity index (χ3n) is 4.71. The summed E-state index contributed by atoms with van der Waals surface area (Å²) in [5.74, 6) is -1.86. The lowest BCUT2D eigenvalue weighted by Gasteiger charge is -2.19. The smallest absolute Gasteiger partial charge is 0.306 e. The Bertz CT molecular complexity index is 1100. The largest absolute Gasteiger partial charge is 0.466 e. The van der Waals surface area contributed by atoms with Gasteiger partial charge in [-0.2, -0.15) is 0 Å². The molecule has 1 amide bonds. The molecule has 0 unspecified atom stereocenters. The third-order valence-corrected chi connectivity index (χ3v) is 4.71. The number of ether oxygens (including phenoxy) is 1. The van der Waals surface area contributed by atoms with Crippen LogP contribution in [0.4, 0.5) is 0 Å². The lowest BCUT2D eigenvalue weighted by atomic mass is 9.98. The number of H-pyrrole nitrogens is 1. The maximum absolute atomic E-state index is 12.9. The molecule has 0 radical (unpaired) electrons. The molecule has 0 aliphatic rings. The van der Waals surface area contributed by atoms with Crippen molar-refractivity contribution >= 4 is 17.7 Å². The maximum Gasteiger partial charge on any atom is 0.306 e. The zero-order valence-corrected chi connectivity index (χ0v) is 17.5. The van der Waals surface area contributed by atoms with Crippen molar-refractivity contribution in [3.63, 3.8) is 0 Å². The molecule has 0 saturated carbocycles. The molecule has 0 aliphatic heterocycles. The van der Waals surface area contributed by atoms with E-state index in [-0.39, 0.29) is 30.8 Å². The fourth-order valence-electron chi connectivity index (χ4n) is 3.12. The van der Waals surface area contributed by atoms with Gasteiger partial charge in [0.15, 0.2) is 11.6 Å². The number of Topliss-reactive ketones (excluding diaryl/α,β-unsaturated/α-hetero) is 1. The summed E-state index contributed by atoms with van der Waals surface area (Å²) in [6, 6.07) is 18.2. The summed E-state index contributed by atoms with van der Waals surface area (Å²) in [6.45, 7) is 1.89. The number of ketones is 1. The van der Waals surface area contributed by atoms with E-state index in [1.54, 1.807) is 6.92 Å². The molecule has 3 rings (SSSR count). The van der Waals surface area contributed by atoms with Gasteiger partial charge in [-0.05, 0) is 18.1 Å². The van der Waals surface area contributed by atoms with Crippen LogP contribution in [0.1, 0.15) is 57.9 Å². The van der Waals surface area contributed by atoms with Crippen LogP contribution in [0.2, 0.25) is 0 Å². The molecule has 3 aromatic rings. The second-order valence-electron chi connectivity index (χ2n) is 6.93. The van der Waals surface area contributed by atoms with Gasteiger partial charge in [-0.3, -0.25) is 19.2 Å². The van der Waals surface area contributed by atoms with Crippen molar-refractivity contribution in [2.24, 2.45) is 0 Å². The van der Waals surface area contributed by atoms with Crippen molar-refractivity contribution in [1.82, 2.24) is 15.3 Å². The summed E-state index contributed by atoms with van der Waals surface area (Å²) in [5.41, 5.74) is 0.741. The minimum Gasteiger partial charge on any atom is -0.466 e. The molecule has 32 heavy (non-hydrogen) atoms. The zero-order valence-electron chi connectivity index (χ0n) is 17.5. The number of aromatic amines is 1. The van der Waals surface area contributed by atoms with Crippen molar-refractivity contribution in [3.05, 3.63) is 99.7 Å². The van der Waals surface area contributed by atoms with Crippen LogP contribution in [0, 0.1) is 0 Å². The molecule has 0 fully saturated rings. The van der Waals surface area contributed by atoms with Gasteiger partial charge in [0.05, 0.1) is 19.1 Å². The zero-order chi connectivity index (χ0) is 22.9. The molecule has 2 N–H and O–H groups in total. The normalized spacial score (nSPS) is 10.6. The van der Waals surface area contributed by atoms with Crippen LogP contribution < -0.4 is 10.9 Å². The van der Waals surface area contributed by atoms with Gasteiger partial charge in [0.2, 0.25) is 0 Å². The first kappa shape index (κ1) is 22.6. The van der Waals surface area contributed by atoms with Crippen LogP contribution in [0.3, 0.4) is 0 Å². The van der Waals surface area contributed by atoms with Crippen LogP contribution in [0.25, 0.3) is 0 Å². The highest BCUT2D eigenvalue weighted by Gasteiger charge is 2.21. The number of hydrogen-bond acceptors (Lipinski definition) is 6. The molecule has 0 saturated heterocycles. The predicted molar refractivity (Wildman–Crippen MR) is 117 cm³/mol. The molecular weight excluding hydrogens is 410 g/mol. The Hall–Kier alpha value is -4.07. The molecule has 8 nitrogen and oxygen atoms in total. The predicted octanol–water partition coefficient (Wildman–Crippen LogP) is 2.82. The second kappa shape index (κ2) is 10.8. The van der Waals surface area contributed by atoms with Crippen molar-refractivity contribution in [2.45, 2.75) is 25.8 Å². The quantitative estimate of drug-likeness (QED) is 0.396. The molecule has 164 valence electrons. The molecule has 0 spiro atoms. The Balaban J connectivity index is 1.77. The number of aromatic nitrogens is 2. The van der Waals surface area contributed by atoms with Gasteiger partial charge in [0.25, 0.3) is 11.5 Å². The van der Waals surface area contributed by atoms with Crippen LogP contribution in [0.5, 0.6) is 0 Å². The monoisotopic (exact) mass is 433 g/mol. The molecule has 8 heteroatoms. The summed E-state index contributed by atoms with van der Waals surface area (Å²) in [4.78, 5) is 55.2. The summed E-state index contributed by atoms with van der Waals surface area (Å²) in [7, 11) is 0. The van der Waals surface area contributed by atoms with E-state index < -0.39 is 29.3 Å². The van der Waals surface area contributed by atoms with Crippen molar-refractivity contribution in [1.29, 1.82) is 0 Å². The van der Waals surface area contributed by atoms with E-state index in [0.29, 0.717) is 0 Å². The first-order chi connectivity index (χ1) is 15.5. The fraction of sp³-hybridized carbons (Fsp3) is 0.208. The van der Waals surface area contributed by atoms with Crippen molar-refractivity contribution in [2.75, 3.05) is 6.61 Å². The maximum atomic E-state index is 12.9. The summed E-state index contributed by atoms with van der Waals surface area (Å²) in [6.07, 6.45) is 0.796. The minimum absolute atomic E-state index is 0.117. The summed E-state index contributed by atoms with van der Waals surface area (Å²) < 4.78 is 4.78. The fourth-order valence-corrected chi connectivity index (χ4v) is 3.12. The van der Waals surface area contributed by atoms with Gasteiger partial charge in [-0.1, -0.05) is 60.7 Å². The average molecular weight is 433 g/mol. The van der Waals surface area contributed by atoms with Crippen LogP contribution in [-0.2, 0) is 9.53 Å². The molecule has 1 heterocycles. The number of nitrogens with one attached hydrogen (secondary N) is 2. The number of rotatable bonds is 9. The Morgan fingerprint density at radius 2 is 1.56 bits per heavy atom. The van der Waals surface area contributed by atoms with Gasteiger partial charge in [0, 0.05) is 12.6 Å². The topological polar surface area (TPSA) is 118 Å². The van der Waals surface area contributed by atoms with Gasteiger partial charge >= 0.3 is 5.97 Å². The number of carbonyl (C=O) groups is 3. The second-order valence-corrected chi connectivity index (χ2v) is 6.93. The Morgan fingerprint density at radius 1 is 0.969 bits per heavy atom. The van der Waals surface area contributed by atoms with E-state index in [0.717, 1.165) is 17.3 Å². The third kappa shape index (κ3) is 5.75. The van der Waals surface area contributed by atoms with Crippen LogP contribution in [0.15, 0.2) is 71.7 Å². The lowest BCUT2D eigenvalue weighted by Crippen LogP contribution is -2.34. The Kier molecular flexibility index (Phi) is 7.64. The molecule has 0 bridgehead atoms. The number of esters is 1. The number of benzene rings is 2. The van der Waals surface area contributed by atoms with Gasteiger partial charge in [-0.25, -0.2) is 4.98 Å². The van der Waals surface area contributed by atoms with E-state index in [4.69, 9.17) is 4.74 Å². The number of hydrogen-bond donors (Lipinski definition) is 2. The van der Waals surface area contributed by atoms with E-state index in [2.05, 4.69) is 15.3 Å². The lowest BCUT2D eigenvalue weighted by molar-refractivity contribution is -0.143. The van der Waals surface area contributed by atoms with Crippen LogP contribution in [-0.4, -0.2) is 34.2 Å². The van der Waals surface area contributed by atoms with Crippen molar-refractivity contribution < 1.29 is 19.1 Å². The molecule has 0 atom stereocenters. The number of amides is 1. The average Bonchev–Trinajstić information content (AvgIpc) is 2.82. The van der Waals surface area contributed by atoms with Gasteiger partial charge in [-0.15, -0.1) is 0 Å². The highest BCUT2D eigenvalue weighted by Crippen LogP contribution is 2.22. The Labute approximate surface area is 184 Å². The molecule has 0 aliphatic carbocycles. The van der Waals surface area contributed by atoms with Gasteiger partial charge in [0.1, 0.15) is 5.56 Å². The minimum atomic E-state index is -0.739. The van der Waals surface area contributed by atoms with E-state index in [1.807, 2.05) is 60.7 Å². The molecule has 1 aromatic heterocycles. The first-order valence-corrected chi connectivity index (χ1v) is 10.2. The summed E-state index contributed by atoms with van der Waals surface area (Å²) >= 11 is 0. The standard InChI is InChI=1S/C24H23N3O5/c1-2-32-20(29)14-13-19(28)22-25-15-18(24(31)27-22)23(30)26-21(16-9-5-3-6-10-16)17-11-7-4-8-12-17/h3-12,15,21H,2,13-14H2,1H3,(H,26,30)(H,25,27,31). The highest BCUT2D eigenvalue weighted by molar-refractivity contribution is 5.96. The van der Waals surface area contributed by atoms with Crippen molar-refractivity contribution in [3.8, 4) is 0 Å². The molecule has 2 aromatic carbocycles. The van der Waals surface area contributed by atoms with E-state index in [1.165, 1.54) is 0 Å². The van der Waals surface area contributed by atoms with E-state index >= 15 is 0 Å². The summed E-state index contributed by atoms with van der Waals surface area (Å²) in [5, 5.41) is 2.86. The van der Waals surface area contributed by atoms with E-state index in [9.17, 15) is 19.2 Å². The van der Waals surface area contributed by atoms with Gasteiger partial charge < -0.3 is 15.0 Å². The SMILES string of the molecule is CCOC(=O)CCC(=O)c1ncc(C(=O)NC(c2ccccc2)c2ccccc2)c(=O)[nH]1. The number of nitrogens with zero attached hydrogens (tertiary/aromatic N) is 1. The first-order valence-electron chi connectivity index (χ1n) is 10.2. The highest BCUT2D eigenvalue weighted by atomic mass is 16.5. The van der Waals surface area contributed by atoms with Crippen LogP contribution >= 0.6 is 0 Å².